The third kappa shape index (κ3) is 2.66. The van der Waals surface area contributed by atoms with E-state index in [1.165, 1.54) is 0 Å². The minimum atomic E-state index is 0.313. The van der Waals surface area contributed by atoms with Crippen molar-refractivity contribution < 1.29 is 4.74 Å². The van der Waals surface area contributed by atoms with Crippen LogP contribution in [0.25, 0.3) is 0 Å². The fraction of sp³-hybridized carbons (Fsp3) is 0.318. The first-order valence-electron chi connectivity index (χ1n) is 10.2. The van der Waals surface area contributed by atoms with E-state index >= 15 is 0 Å². The van der Waals surface area contributed by atoms with E-state index in [-0.39, 0.29) is 0 Å². The summed E-state index contributed by atoms with van der Waals surface area (Å²) in [6, 6.07) is 10.2. The Morgan fingerprint density at radius 3 is 2.97 bits per heavy atom. The number of morpholine rings is 1. The van der Waals surface area contributed by atoms with Crippen LogP contribution in [0.2, 0.25) is 5.02 Å². The summed E-state index contributed by atoms with van der Waals surface area (Å²) < 4.78 is 5.85. The second kappa shape index (κ2) is 6.55. The van der Waals surface area contributed by atoms with Gasteiger partial charge in [0.25, 0.3) is 0 Å². The molecule has 3 unspecified atom stereocenters. The van der Waals surface area contributed by atoms with E-state index in [2.05, 4.69) is 33.4 Å². The number of nitrogens with one attached hydrogen (secondary N) is 2. The number of fused-ring (bicyclic) bond motifs is 3. The number of nitrogens with zero attached hydrogens (tertiary/aromatic N) is 4. The normalized spacial score (nSPS) is 24.2. The maximum absolute atomic E-state index is 6.54. The van der Waals surface area contributed by atoms with E-state index < -0.39 is 0 Å². The standard InChI is InChI=1S/C22H21ClN6O/c1-11-20-21(11)30-8-7-29(20)17-9-16-14(10-24-17)19(13-5-3-4-6-15(13)23)26-18-12(2)27-28-22(18)25-16/h3-6,9-11,20-21H,7-8H2,1-2H3,(H2,25,27,28). The first-order valence-corrected chi connectivity index (χ1v) is 10.5. The molecule has 2 aromatic heterocycles. The Balaban J connectivity index is 1.50. The maximum Gasteiger partial charge on any atom is 0.178 e. The van der Waals surface area contributed by atoms with Gasteiger partial charge in [-0.25, -0.2) is 9.98 Å². The molecule has 2 fully saturated rings. The lowest BCUT2D eigenvalue weighted by molar-refractivity contribution is 0.0968. The number of aromatic nitrogens is 3. The van der Waals surface area contributed by atoms with Crippen LogP contribution in [-0.4, -0.2) is 46.2 Å². The summed E-state index contributed by atoms with van der Waals surface area (Å²) in [5.41, 5.74) is 5.14. The van der Waals surface area contributed by atoms with Gasteiger partial charge in [-0.3, -0.25) is 5.10 Å². The van der Waals surface area contributed by atoms with E-state index in [0.29, 0.717) is 28.9 Å². The topological polar surface area (TPSA) is 78.4 Å². The molecule has 1 saturated carbocycles. The summed E-state index contributed by atoms with van der Waals surface area (Å²) in [5, 5.41) is 11.6. The average molecular weight is 421 g/mol. The van der Waals surface area contributed by atoms with Crippen LogP contribution in [0, 0.1) is 12.8 Å². The molecule has 0 radical (unpaired) electrons. The number of ether oxygens (including phenoxy) is 1. The van der Waals surface area contributed by atoms with Gasteiger partial charge < -0.3 is 15.0 Å². The number of aromatic amines is 1. The predicted molar refractivity (Wildman–Crippen MR) is 118 cm³/mol. The van der Waals surface area contributed by atoms with Crippen molar-refractivity contribution in [1.82, 2.24) is 15.2 Å². The van der Waals surface area contributed by atoms with Crippen molar-refractivity contribution in [2.24, 2.45) is 10.9 Å². The highest BCUT2D eigenvalue weighted by Gasteiger charge is 2.54. The summed E-state index contributed by atoms with van der Waals surface area (Å²) in [6.07, 6.45) is 2.20. The minimum Gasteiger partial charge on any atom is -0.374 e. The van der Waals surface area contributed by atoms with E-state index in [1.54, 1.807) is 0 Å². The molecule has 0 spiro atoms. The smallest absolute Gasteiger partial charge is 0.178 e. The van der Waals surface area contributed by atoms with Gasteiger partial charge in [0.1, 0.15) is 11.5 Å². The Labute approximate surface area is 179 Å². The zero-order valence-electron chi connectivity index (χ0n) is 16.7. The molecule has 7 nitrogen and oxygen atoms in total. The fourth-order valence-electron chi connectivity index (χ4n) is 4.52. The molecule has 2 aliphatic heterocycles. The number of anilines is 3. The number of halogens is 1. The molecule has 3 aromatic rings. The lowest BCUT2D eigenvalue weighted by Gasteiger charge is -2.28. The van der Waals surface area contributed by atoms with Gasteiger partial charge in [-0.2, -0.15) is 5.10 Å². The largest absolute Gasteiger partial charge is 0.374 e. The van der Waals surface area contributed by atoms with Gasteiger partial charge in [-0.15, -0.1) is 0 Å². The summed E-state index contributed by atoms with van der Waals surface area (Å²) in [7, 11) is 0. The molecule has 0 bridgehead atoms. The molecule has 152 valence electrons. The zero-order valence-corrected chi connectivity index (χ0v) is 17.4. The summed E-state index contributed by atoms with van der Waals surface area (Å²) in [6.45, 7) is 5.77. The SMILES string of the molecule is Cc1[nH]nc2c1N=C(c1ccccc1Cl)c1cnc(N3CCOC4C(C)C43)cc1N2. The van der Waals surface area contributed by atoms with Crippen LogP contribution < -0.4 is 10.2 Å². The second-order valence-corrected chi connectivity index (χ2v) is 8.48. The Bertz CT molecular complexity index is 1190. The van der Waals surface area contributed by atoms with Crippen LogP contribution in [0.5, 0.6) is 0 Å². The number of H-pyrrole nitrogens is 1. The van der Waals surface area contributed by atoms with Crippen LogP contribution in [0.3, 0.4) is 0 Å². The highest BCUT2D eigenvalue weighted by molar-refractivity contribution is 6.36. The van der Waals surface area contributed by atoms with Crippen LogP contribution in [0.1, 0.15) is 23.7 Å². The van der Waals surface area contributed by atoms with E-state index in [4.69, 9.17) is 26.3 Å². The van der Waals surface area contributed by atoms with Crippen LogP contribution in [0.4, 0.5) is 23.0 Å². The van der Waals surface area contributed by atoms with Crippen molar-refractivity contribution in [2.75, 3.05) is 23.4 Å². The molecule has 3 aliphatic rings. The maximum atomic E-state index is 6.54. The zero-order chi connectivity index (χ0) is 20.4. The molecule has 4 heterocycles. The number of rotatable bonds is 2. The van der Waals surface area contributed by atoms with E-state index in [0.717, 1.165) is 52.9 Å². The fourth-order valence-corrected chi connectivity index (χ4v) is 4.75. The van der Waals surface area contributed by atoms with E-state index in [9.17, 15) is 0 Å². The number of hydrogen-bond acceptors (Lipinski definition) is 6. The molecule has 1 aliphatic carbocycles. The molecule has 6 rings (SSSR count). The van der Waals surface area contributed by atoms with Gasteiger partial charge in [0.2, 0.25) is 0 Å². The number of aryl methyl sites for hydroxylation is 1. The van der Waals surface area contributed by atoms with Gasteiger partial charge in [0.15, 0.2) is 5.82 Å². The van der Waals surface area contributed by atoms with Crippen LogP contribution >= 0.6 is 11.6 Å². The Morgan fingerprint density at radius 2 is 2.10 bits per heavy atom. The van der Waals surface area contributed by atoms with Crippen molar-refractivity contribution in [3.05, 3.63) is 58.4 Å². The quantitative estimate of drug-likeness (QED) is 0.507. The highest BCUT2D eigenvalue weighted by Crippen LogP contribution is 2.44. The Kier molecular flexibility index (Phi) is 3.91. The van der Waals surface area contributed by atoms with Gasteiger partial charge >= 0.3 is 0 Å². The molecule has 0 amide bonds. The van der Waals surface area contributed by atoms with Crippen molar-refractivity contribution in [3.63, 3.8) is 0 Å². The van der Waals surface area contributed by atoms with Crippen molar-refractivity contribution in [2.45, 2.75) is 26.0 Å². The molecule has 2 N–H and O–H groups in total. The third-order valence-electron chi connectivity index (χ3n) is 6.21. The predicted octanol–water partition coefficient (Wildman–Crippen LogP) is 4.22. The lowest BCUT2D eigenvalue weighted by atomic mass is 10.0. The third-order valence-corrected chi connectivity index (χ3v) is 6.54. The van der Waals surface area contributed by atoms with Crippen LogP contribution in [0.15, 0.2) is 41.5 Å². The molecule has 30 heavy (non-hydrogen) atoms. The number of hydrogen-bond donors (Lipinski definition) is 2. The first kappa shape index (κ1) is 17.9. The number of benzene rings is 1. The van der Waals surface area contributed by atoms with Crippen LogP contribution in [-0.2, 0) is 4.74 Å². The van der Waals surface area contributed by atoms with E-state index in [1.807, 2.05) is 37.4 Å². The minimum absolute atomic E-state index is 0.313. The summed E-state index contributed by atoms with van der Waals surface area (Å²) >= 11 is 6.54. The van der Waals surface area contributed by atoms with Gasteiger partial charge in [0.05, 0.1) is 35.8 Å². The lowest BCUT2D eigenvalue weighted by Crippen LogP contribution is -2.37. The van der Waals surface area contributed by atoms with Crippen molar-refractivity contribution >= 4 is 40.3 Å². The highest BCUT2D eigenvalue weighted by atomic mass is 35.5. The molecule has 1 saturated heterocycles. The first-order chi connectivity index (χ1) is 14.6. The Morgan fingerprint density at radius 1 is 1.23 bits per heavy atom. The van der Waals surface area contributed by atoms with Crippen molar-refractivity contribution in [1.29, 1.82) is 0 Å². The Hall–Kier alpha value is -2.90. The molecule has 3 atom stereocenters. The molecule has 8 heteroatoms. The number of aliphatic imine (C=N–C) groups is 1. The molecule has 1 aromatic carbocycles. The van der Waals surface area contributed by atoms with Gasteiger partial charge in [0, 0.05) is 40.9 Å². The van der Waals surface area contributed by atoms with Gasteiger partial charge in [-0.05, 0) is 13.0 Å². The molecular formula is C22H21ClN6O. The molecular weight excluding hydrogens is 400 g/mol. The number of pyridine rings is 1. The second-order valence-electron chi connectivity index (χ2n) is 8.08. The average Bonchev–Trinajstić information content (AvgIpc) is 3.35. The van der Waals surface area contributed by atoms with Gasteiger partial charge in [-0.1, -0.05) is 36.7 Å². The monoisotopic (exact) mass is 420 g/mol. The van der Waals surface area contributed by atoms with Crippen molar-refractivity contribution in [3.8, 4) is 0 Å². The summed E-state index contributed by atoms with van der Waals surface area (Å²) in [4.78, 5) is 12.1. The summed E-state index contributed by atoms with van der Waals surface area (Å²) in [5.74, 6) is 2.17.